The maximum atomic E-state index is 8.66. The van der Waals surface area contributed by atoms with Gasteiger partial charge in [0.05, 0.1) is 18.9 Å². The Balaban J connectivity index is 2.82. The summed E-state index contributed by atoms with van der Waals surface area (Å²) in [4.78, 5) is 0. The Kier molecular flexibility index (Phi) is 2.09. The SMILES string of the molecule is Cc1occc1[C@H](N)CO. The number of aliphatic hydroxyl groups is 1. The molecule has 0 aliphatic carbocycles. The smallest absolute Gasteiger partial charge is 0.105 e. The molecule has 0 spiro atoms. The molecule has 3 N–H and O–H groups in total. The summed E-state index contributed by atoms with van der Waals surface area (Å²) in [6, 6.07) is 1.47. The molecule has 0 saturated heterocycles. The van der Waals surface area contributed by atoms with E-state index in [2.05, 4.69) is 0 Å². The van der Waals surface area contributed by atoms with Gasteiger partial charge in [-0.15, -0.1) is 0 Å². The average molecular weight is 141 g/mol. The summed E-state index contributed by atoms with van der Waals surface area (Å²) in [5.74, 6) is 0.779. The van der Waals surface area contributed by atoms with Gasteiger partial charge in [-0.05, 0) is 13.0 Å². The average Bonchev–Trinajstić information content (AvgIpc) is 2.34. The Morgan fingerprint density at radius 2 is 2.50 bits per heavy atom. The van der Waals surface area contributed by atoms with Crippen LogP contribution < -0.4 is 5.73 Å². The third kappa shape index (κ3) is 1.20. The molecule has 1 heterocycles. The second-order valence-electron chi connectivity index (χ2n) is 2.22. The molecule has 3 nitrogen and oxygen atoms in total. The molecule has 1 aromatic rings. The standard InChI is InChI=1S/C7H11NO2/c1-5-6(2-3-10-5)7(8)4-9/h2-3,7,9H,4,8H2,1H3/t7-/m1/s1. The lowest BCUT2D eigenvalue weighted by Crippen LogP contribution is -2.14. The lowest BCUT2D eigenvalue weighted by molar-refractivity contribution is 0.267. The molecule has 0 aliphatic heterocycles. The molecule has 0 bridgehead atoms. The highest BCUT2D eigenvalue weighted by Gasteiger charge is 2.08. The highest BCUT2D eigenvalue weighted by molar-refractivity contribution is 5.19. The molecule has 1 aromatic heterocycles. The quantitative estimate of drug-likeness (QED) is 0.633. The molecule has 0 aliphatic rings. The van der Waals surface area contributed by atoms with E-state index in [1.165, 1.54) is 0 Å². The summed E-state index contributed by atoms with van der Waals surface area (Å²) in [5, 5.41) is 8.66. The monoisotopic (exact) mass is 141 g/mol. The second-order valence-corrected chi connectivity index (χ2v) is 2.22. The molecular formula is C7H11NO2. The number of hydrogen-bond acceptors (Lipinski definition) is 3. The molecule has 1 rings (SSSR count). The number of hydrogen-bond donors (Lipinski definition) is 2. The van der Waals surface area contributed by atoms with Gasteiger partial charge in [0.15, 0.2) is 0 Å². The second kappa shape index (κ2) is 2.86. The van der Waals surface area contributed by atoms with Crippen LogP contribution in [0.3, 0.4) is 0 Å². The predicted molar refractivity (Wildman–Crippen MR) is 37.5 cm³/mol. The first-order valence-electron chi connectivity index (χ1n) is 3.16. The topological polar surface area (TPSA) is 59.4 Å². The van der Waals surface area contributed by atoms with Gasteiger partial charge in [-0.2, -0.15) is 0 Å². The van der Waals surface area contributed by atoms with Gasteiger partial charge in [-0.1, -0.05) is 0 Å². The minimum Gasteiger partial charge on any atom is -0.469 e. The summed E-state index contributed by atoms with van der Waals surface area (Å²) in [6.07, 6.45) is 1.57. The van der Waals surface area contributed by atoms with Crippen molar-refractivity contribution in [3.05, 3.63) is 23.7 Å². The lowest BCUT2D eigenvalue weighted by Gasteiger charge is -2.04. The van der Waals surface area contributed by atoms with E-state index in [4.69, 9.17) is 15.3 Å². The summed E-state index contributed by atoms with van der Waals surface area (Å²) in [6.45, 7) is 1.78. The van der Waals surface area contributed by atoms with Gasteiger partial charge in [-0.25, -0.2) is 0 Å². The predicted octanol–water partition coefficient (Wildman–Crippen LogP) is 0.580. The van der Waals surface area contributed by atoms with Gasteiger partial charge in [0.2, 0.25) is 0 Å². The molecule has 56 valence electrons. The molecule has 3 heteroatoms. The van der Waals surface area contributed by atoms with Crippen molar-refractivity contribution < 1.29 is 9.52 Å². The Labute approximate surface area is 59.5 Å². The zero-order chi connectivity index (χ0) is 7.56. The minimum atomic E-state index is -0.307. The summed E-state index contributed by atoms with van der Waals surface area (Å²) in [7, 11) is 0. The Morgan fingerprint density at radius 3 is 2.90 bits per heavy atom. The fraction of sp³-hybridized carbons (Fsp3) is 0.429. The summed E-state index contributed by atoms with van der Waals surface area (Å²) in [5.41, 5.74) is 6.41. The van der Waals surface area contributed by atoms with Gasteiger partial charge in [0.25, 0.3) is 0 Å². The van der Waals surface area contributed by atoms with Crippen LogP contribution in [0.4, 0.5) is 0 Å². The number of aliphatic hydroxyl groups excluding tert-OH is 1. The Hall–Kier alpha value is -0.800. The van der Waals surface area contributed by atoms with Crippen LogP contribution in [0.2, 0.25) is 0 Å². The van der Waals surface area contributed by atoms with Crippen LogP contribution in [-0.2, 0) is 0 Å². The zero-order valence-corrected chi connectivity index (χ0v) is 5.87. The molecule has 0 fully saturated rings. The van der Waals surface area contributed by atoms with Gasteiger partial charge in [-0.3, -0.25) is 0 Å². The maximum absolute atomic E-state index is 8.66. The minimum absolute atomic E-state index is 0.0413. The van der Waals surface area contributed by atoms with Crippen molar-refractivity contribution in [1.29, 1.82) is 0 Å². The van der Waals surface area contributed by atoms with Crippen LogP contribution >= 0.6 is 0 Å². The van der Waals surface area contributed by atoms with Gasteiger partial charge in [0, 0.05) is 5.56 Å². The van der Waals surface area contributed by atoms with Crippen LogP contribution in [0.5, 0.6) is 0 Å². The van der Waals surface area contributed by atoms with Gasteiger partial charge < -0.3 is 15.3 Å². The first kappa shape index (κ1) is 7.31. The first-order valence-corrected chi connectivity index (χ1v) is 3.16. The Morgan fingerprint density at radius 1 is 1.80 bits per heavy atom. The van der Waals surface area contributed by atoms with Crippen molar-refractivity contribution in [2.24, 2.45) is 5.73 Å². The van der Waals surface area contributed by atoms with Crippen LogP contribution in [0, 0.1) is 6.92 Å². The van der Waals surface area contributed by atoms with E-state index >= 15 is 0 Å². The van der Waals surface area contributed by atoms with Crippen LogP contribution in [0.25, 0.3) is 0 Å². The molecule has 0 amide bonds. The fourth-order valence-corrected chi connectivity index (χ4v) is 0.878. The molecule has 0 saturated carbocycles. The summed E-state index contributed by atoms with van der Waals surface area (Å²) >= 11 is 0. The molecule has 0 aromatic carbocycles. The van der Waals surface area contributed by atoms with Crippen LogP contribution in [0.1, 0.15) is 17.4 Å². The zero-order valence-electron chi connectivity index (χ0n) is 5.87. The van der Waals surface area contributed by atoms with Crippen molar-refractivity contribution in [2.75, 3.05) is 6.61 Å². The third-order valence-electron chi connectivity index (χ3n) is 1.50. The number of aryl methyl sites for hydroxylation is 1. The fourth-order valence-electron chi connectivity index (χ4n) is 0.878. The highest BCUT2D eigenvalue weighted by atomic mass is 16.3. The lowest BCUT2D eigenvalue weighted by atomic mass is 10.1. The van der Waals surface area contributed by atoms with Gasteiger partial charge >= 0.3 is 0 Å². The van der Waals surface area contributed by atoms with Crippen molar-refractivity contribution in [1.82, 2.24) is 0 Å². The van der Waals surface area contributed by atoms with Crippen molar-refractivity contribution in [3.63, 3.8) is 0 Å². The number of rotatable bonds is 2. The number of nitrogens with two attached hydrogens (primary N) is 1. The van der Waals surface area contributed by atoms with E-state index in [1.54, 1.807) is 12.3 Å². The largest absolute Gasteiger partial charge is 0.469 e. The van der Waals surface area contributed by atoms with Crippen molar-refractivity contribution in [2.45, 2.75) is 13.0 Å². The van der Waals surface area contributed by atoms with E-state index < -0.39 is 0 Å². The number of furan rings is 1. The molecule has 0 radical (unpaired) electrons. The van der Waals surface area contributed by atoms with E-state index in [0.717, 1.165) is 11.3 Å². The molecule has 1 atom stereocenters. The van der Waals surface area contributed by atoms with Gasteiger partial charge in [0.1, 0.15) is 5.76 Å². The highest BCUT2D eigenvalue weighted by Crippen LogP contribution is 2.15. The maximum Gasteiger partial charge on any atom is 0.105 e. The third-order valence-corrected chi connectivity index (χ3v) is 1.50. The van der Waals surface area contributed by atoms with E-state index in [9.17, 15) is 0 Å². The normalized spacial score (nSPS) is 13.5. The van der Waals surface area contributed by atoms with Crippen molar-refractivity contribution >= 4 is 0 Å². The summed E-state index contributed by atoms with van der Waals surface area (Å²) < 4.78 is 5.00. The van der Waals surface area contributed by atoms with E-state index in [1.807, 2.05) is 6.92 Å². The Bertz CT molecular complexity index is 207. The first-order chi connectivity index (χ1) is 4.75. The van der Waals surface area contributed by atoms with Crippen molar-refractivity contribution in [3.8, 4) is 0 Å². The molecular weight excluding hydrogens is 130 g/mol. The van der Waals surface area contributed by atoms with Crippen LogP contribution in [0.15, 0.2) is 16.7 Å². The van der Waals surface area contributed by atoms with E-state index in [-0.39, 0.29) is 12.6 Å². The van der Waals surface area contributed by atoms with E-state index in [0.29, 0.717) is 0 Å². The van der Waals surface area contributed by atoms with Crippen LogP contribution in [-0.4, -0.2) is 11.7 Å². The molecule has 0 unspecified atom stereocenters. The molecule has 10 heavy (non-hydrogen) atoms.